The number of nitrogens with zero attached hydrogens (tertiary/aromatic N) is 2. The van der Waals surface area contributed by atoms with Crippen molar-refractivity contribution in [3.05, 3.63) is 117 Å². The molecule has 1 N–H and O–H groups in total. The average molecular weight is 736 g/mol. The minimum absolute atomic E-state index is 0.0179. The van der Waals surface area contributed by atoms with Crippen LogP contribution in [0.4, 0.5) is 11.4 Å². The third kappa shape index (κ3) is 6.17. The molecule has 2 aromatic heterocycles. The summed E-state index contributed by atoms with van der Waals surface area (Å²) in [7, 11) is 0. The first-order valence-corrected chi connectivity index (χ1v) is 19.3. The quantitative estimate of drug-likeness (QED) is 0.0388. The van der Waals surface area contributed by atoms with Gasteiger partial charge < -0.3 is 14.7 Å². The zero-order valence-corrected chi connectivity index (χ0v) is 32.0. The normalized spacial score (nSPS) is 18.7. The minimum atomic E-state index is -0.580. The molecule has 8 nitrogen and oxygen atoms in total. The number of aliphatic hydroxyl groups excluding tert-OH is 1. The van der Waals surface area contributed by atoms with E-state index in [1.54, 1.807) is 35.7 Å². The van der Waals surface area contributed by atoms with E-state index in [1.807, 2.05) is 35.8 Å². The van der Waals surface area contributed by atoms with Gasteiger partial charge in [-0.05, 0) is 97.6 Å². The highest BCUT2D eigenvalue weighted by atomic mass is 32.1. The number of rotatable bonds is 12. The van der Waals surface area contributed by atoms with Crippen molar-refractivity contribution >= 4 is 51.5 Å². The van der Waals surface area contributed by atoms with Crippen molar-refractivity contribution in [1.29, 1.82) is 0 Å². The van der Waals surface area contributed by atoms with Gasteiger partial charge in [-0.15, -0.1) is 22.7 Å². The monoisotopic (exact) mass is 735 g/mol. The van der Waals surface area contributed by atoms with Gasteiger partial charge in [-0.1, -0.05) is 32.0 Å². The molecule has 0 fully saturated rings. The van der Waals surface area contributed by atoms with Crippen LogP contribution in [0.1, 0.15) is 52.7 Å². The van der Waals surface area contributed by atoms with Crippen molar-refractivity contribution in [3.63, 3.8) is 0 Å². The lowest BCUT2D eigenvalue weighted by Crippen LogP contribution is -2.33. The summed E-state index contributed by atoms with van der Waals surface area (Å²) in [6.07, 6.45) is 3.57. The summed E-state index contributed by atoms with van der Waals surface area (Å²) < 4.78 is 7.27. The average Bonchev–Trinajstić information content (AvgIpc) is 3.93. The van der Waals surface area contributed by atoms with Crippen LogP contribution in [0, 0.1) is 0 Å². The second kappa shape index (κ2) is 14.1. The zero-order chi connectivity index (χ0) is 36.8. The van der Waals surface area contributed by atoms with E-state index in [0.29, 0.717) is 19.8 Å². The van der Waals surface area contributed by atoms with Crippen molar-refractivity contribution in [1.82, 2.24) is 0 Å². The molecule has 4 heterocycles. The van der Waals surface area contributed by atoms with Crippen molar-refractivity contribution in [2.75, 3.05) is 37.8 Å². The number of aliphatic hydroxyl groups is 1. The third-order valence-electron chi connectivity index (χ3n) is 10.1. The van der Waals surface area contributed by atoms with Crippen LogP contribution in [0.25, 0.3) is 20.9 Å². The highest BCUT2D eigenvalue weighted by Crippen LogP contribution is 2.50. The molecule has 0 atom stereocenters. The molecule has 4 aromatic rings. The van der Waals surface area contributed by atoms with Crippen LogP contribution in [0.15, 0.2) is 106 Å². The first-order valence-electron chi connectivity index (χ1n) is 17.6. The first-order chi connectivity index (χ1) is 25.0. The Morgan fingerprint density at radius 3 is 2.15 bits per heavy atom. The highest BCUT2D eigenvalue weighted by Gasteiger charge is 2.48. The van der Waals surface area contributed by atoms with Gasteiger partial charge in [0.1, 0.15) is 12.4 Å². The molecule has 0 spiro atoms. The van der Waals surface area contributed by atoms with E-state index in [0.717, 1.165) is 49.9 Å². The number of anilines is 1. The predicted molar refractivity (Wildman–Crippen MR) is 208 cm³/mol. The molecule has 7 rings (SSSR count). The van der Waals surface area contributed by atoms with Crippen LogP contribution < -0.4 is 4.90 Å². The van der Waals surface area contributed by atoms with Gasteiger partial charge in [-0.2, -0.15) is 4.58 Å². The number of hydrogen-bond donors (Lipinski definition) is 1. The number of ether oxygens (including phenoxy) is 1. The second-order valence-electron chi connectivity index (χ2n) is 14.0. The second-order valence-corrected chi connectivity index (χ2v) is 15.9. The molecule has 0 bridgehead atoms. The molecule has 10 heteroatoms. The van der Waals surface area contributed by atoms with Gasteiger partial charge in [-0.25, -0.2) is 14.6 Å². The van der Waals surface area contributed by atoms with Gasteiger partial charge in [0.15, 0.2) is 5.71 Å². The largest absolute Gasteiger partial charge is 0.506 e. The van der Waals surface area contributed by atoms with Gasteiger partial charge in [0.2, 0.25) is 18.0 Å². The SMILES string of the molecule is CCOOCCN1C(=CC2=C(O)C(=CC3=[N+](CC(=O)OCC)c4ccc(-c5cccs5)cc4C3(C)C)C2=O)C(C)(C)c2cc(-c3cccs3)ccc21. The third-order valence-corrected chi connectivity index (χ3v) is 12.0. The summed E-state index contributed by atoms with van der Waals surface area (Å²) in [5, 5.41) is 15.7. The fraction of sp³-hybridized carbons (Fsp3) is 0.310. The number of carbonyl (C=O) groups is 2. The van der Waals surface area contributed by atoms with Crippen molar-refractivity contribution in [2.45, 2.75) is 52.4 Å². The molecule has 2 aromatic carbocycles. The molecule has 0 saturated heterocycles. The van der Waals surface area contributed by atoms with E-state index < -0.39 is 10.8 Å². The molecule has 1 aliphatic carbocycles. The highest BCUT2D eigenvalue weighted by molar-refractivity contribution is 7.13. The Labute approximate surface area is 312 Å². The Morgan fingerprint density at radius 1 is 0.865 bits per heavy atom. The summed E-state index contributed by atoms with van der Waals surface area (Å²) in [6.45, 7) is 13.6. The number of Topliss-reactive ketones (excluding diaryl/α,β-unsaturated/α-hetero) is 1. The Morgan fingerprint density at radius 2 is 1.54 bits per heavy atom. The summed E-state index contributed by atoms with van der Waals surface area (Å²) in [4.78, 5) is 42.0. The summed E-state index contributed by atoms with van der Waals surface area (Å²) in [6, 6.07) is 21.0. The Kier molecular flexibility index (Phi) is 9.69. The molecule has 0 radical (unpaired) electrons. The predicted octanol–water partition coefficient (Wildman–Crippen LogP) is 9.05. The molecule has 268 valence electrons. The lowest BCUT2D eigenvalue weighted by Gasteiger charge is -2.29. The Balaban J connectivity index is 1.28. The number of carbonyl (C=O) groups excluding carboxylic acids is 2. The number of esters is 1. The van der Waals surface area contributed by atoms with E-state index in [1.165, 1.54) is 4.88 Å². The molecular weight excluding hydrogens is 693 g/mol. The Hall–Kier alpha value is -4.61. The first kappa shape index (κ1) is 35.8. The maximum atomic E-state index is 14.1. The van der Waals surface area contributed by atoms with Crippen LogP contribution in [0.2, 0.25) is 0 Å². The number of thiophene rings is 2. The van der Waals surface area contributed by atoms with Crippen molar-refractivity contribution in [3.8, 4) is 20.9 Å². The lowest BCUT2D eigenvalue weighted by molar-refractivity contribution is -0.428. The van der Waals surface area contributed by atoms with Gasteiger partial charge >= 0.3 is 5.97 Å². The molecule has 0 amide bonds. The van der Waals surface area contributed by atoms with Crippen LogP contribution in [-0.4, -0.2) is 60.1 Å². The van der Waals surface area contributed by atoms with Crippen LogP contribution in [0.3, 0.4) is 0 Å². The van der Waals surface area contributed by atoms with Crippen LogP contribution >= 0.6 is 22.7 Å². The van der Waals surface area contributed by atoms with E-state index in [-0.39, 0.29) is 41.8 Å². The topological polar surface area (TPSA) is 88.3 Å². The van der Waals surface area contributed by atoms with Gasteiger partial charge in [0.25, 0.3) is 0 Å². The maximum absolute atomic E-state index is 14.1. The Bertz CT molecular complexity index is 2170. The van der Waals surface area contributed by atoms with E-state index in [4.69, 9.17) is 14.5 Å². The van der Waals surface area contributed by atoms with Gasteiger partial charge in [-0.3, -0.25) is 4.79 Å². The number of ketones is 1. The fourth-order valence-corrected chi connectivity index (χ4v) is 8.91. The maximum Gasteiger partial charge on any atom is 0.372 e. The van der Waals surface area contributed by atoms with E-state index >= 15 is 0 Å². The smallest absolute Gasteiger partial charge is 0.372 e. The van der Waals surface area contributed by atoms with Crippen LogP contribution in [-0.2, 0) is 34.9 Å². The molecule has 0 saturated carbocycles. The lowest BCUT2D eigenvalue weighted by atomic mass is 9.77. The van der Waals surface area contributed by atoms with E-state index in [2.05, 4.69) is 85.8 Å². The summed E-state index contributed by atoms with van der Waals surface area (Å²) >= 11 is 3.36. The van der Waals surface area contributed by atoms with Gasteiger partial charge in [0, 0.05) is 50.8 Å². The standard InChI is InChI=1S/C42H42N2O6S2/c1-7-48-38(45)25-44-33-16-14-27(35-12-10-20-52-35)22-31(33)42(5,6)37(44)24-29-39(46)28(40(29)47)23-36-41(3,4)30-21-26(34-11-9-19-51-34)13-15-32(30)43(36)17-18-50-49-8-2/h9-16,19-24H,7-8,17-18,25H2,1-6H3/p+1. The fourth-order valence-electron chi connectivity index (χ4n) is 7.46. The van der Waals surface area contributed by atoms with E-state index in [9.17, 15) is 14.7 Å². The zero-order valence-electron chi connectivity index (χ0n) is 30.3. The van der Waals surface area contributed by atoms with Crippen LogP contribution in [0.5, 0.6) is 0 Å². The molecule has 52 heavy (non-hydrogen) atoms. The number of hydrogen-bond acceptors (Lipinski definition) is 9. The van der Waals surface area contributed by atoms with Crippen molar-refractivity contribution in [2.24, 2.45) is 0 Å². The minimum Gasteiger partial charge on any atom is -0.506 e. The molecular formula is C42H43N2O6S2+. The number of allylic oxidation sites excluding steroid dienone is 5. The molecule has 2 aliphatic heterocycles. The summed E-state index contributed by atoms with van der Waals surface area (Å²) in [5.41, 5.74) is 7.30. The molecule has 3 aliphatic rings. The summed E-state index contributed by atoms with van der Waals surface area (Å²) in [5.74, 6) is -0.687. The van der Waals surface area contributed by atoms with Crippen molar-refractivity contribution < 1.29 is 33.8 Å². The number of benzene rings is 2. The molecule has 0 unspecified atom stereocenters. The van der Waals surface area contributed by atoms with Gasteiger partial charge in [0.05, 0.1) is 29.8 Å². The number of fused-ring (bicyclic) bond motifs is 2.